The molecule has 0 aliphatic heterocycles. The number of nitrogens with zero attached hydrogens (tertiary/aromatic N) is 3. The van der Waals surface area contributed by atoms with Gasteiger partial charge in [-0.15, -0.1) is 5.10 Å². The van der Waals surface area contributed by atoms with Crippen molar-refractivity contribution in [2.75, 3.05) is 31.5 Å². The number of thiocarbonyl (C=S) groups is 1. The predicted molar refractivity (Wildman–Crippen MR) is 83.7 cm³/mol. The van der Waals surface area contributed by atoms with E-state index < -0.39 is 0 Å². The second-order valence-electron chi connectivity index (χ2n) is 4.45. The van der Waals surface area contributed by atoms with Crippen LogP contribution < -0.4 is 11.1 Å². The van der Waals surface area contributed by atoms with Gasteiger partial charge in [0.15, 0.2) is 5.82 Å². The van der Waals surface area contributed by atoms with Gasteiger partial charge < -0.3 is 16.0 Å². The summed E-state index contributed by atoms with van der Waals surface area (Å²) in [6.07, 6.45) is 0. The fourth-order valence-corrected chi connectivity index (χ4v) is 2.16. The summed E-state index contributed by atoms with van der Waals surface area (Å²) in [5.74, 6) is 0.683. The van der Waals surface area contributed by atoms with Crippen LogP contribution in [0.5, 0.6) is 0 Å². The highest BCUT2D eigenvalue weighted by molar-refractivity contribution is 7.80. The van der Waals surface area contributed by atoms with Gasteiger partial charge in [0.1, 0.15) is 4.99 Å². The zero-order valence-electron chi connectivity index (χ0n) is 12.2. The summed E-state index contributed by atoms with van der Waals surface area (Å²) in [5.41, 5.74) is 8.44. The summed E-state index contributed by atoms with van der Waals surface area (Å²) in [6.45, 7) is 12.0. The molecule has 0 aromatic carbocycles. The van der Waals surface area contributed by atoms with Crippen molar-refractivity contribution < 1.29 is 0 Å². The summed E-state index contributed by atoms with van der Waals surface area (Å²) in [6, 6.07) is 0. The van der Waals surface area contributed by atoms with Crippen LogP contribution in [-0.4, -0.2) is 46.3 Å². The van der Waals surface area contributed by atoms with Crippen LogP contribution in [0.1, 0.15) is 30.7 Å². The zero-order chi connectivity index (χ0) is 14.4. The minimum atomic E-state index is 0.362. The molecular weight excluding hydrogens is 258 g/mol. The van der Waals surface area contributed by atoms with Gasteiger partial charge in [0, 0.05) is 13.1 Å². The first kappa shape index (κ1) is 15.8. The molecule has 3 N–H and O–H groups in total. The Morgan fingerprint density at radius 3 is 2.42 bits per heavy atom. The maximum absolute atomic E-state index is 5.78. The number of hydrogen-bond donors (Lipinski definition) is 2. The first-order valence-electron chi connectivity index (χ1n) is 6.61. The maximum atomic E-state index is 5.78. The lowest BCUT2D eigenvalue weighted by molar-refractivity contribution is 0.316. The molecule has 19 heavy (non-hydrogen) atoms. The molecule has 106 valence electrons. The Balaban J connectivity index is 2.79. The van der Waals surface area contributed by atoms with E-state index in [0.29, 0.717) is 10.8 Å². The van der Waals surface area contributed by atoms with Crippen molar-refractivity contribution in [3.8, 4) is 0 Å². The first-order chi connectivity index (χ1) is 9.01. The molecule has 0 amide bonds. The summed E-state index contributed by atoms with van der Waals surface area (Å²) in [7, 11) is 0. The molecule has 0 fully saturated rings. The zero-order valence-corrected chi connectivity index (χ0v) is 13.0. The lowest BCUT2D eigenvalue weighted by atomic mass is 10.1. The Labute approximate surface area is 120 Å². The number of aromatic nitrogens is 2. The van der Waals surface area contributed by atoms with Crippen LogP contribution in [-0.2, 0) is 0 Å². The third-order valence-electron chi connectivity index (χ3n) is 3.32. The molecule has 0 saturated carbocycles. The molecule has 0 radical (unpaired) electrons. The average Bonchev–Trinajstić information content (AvgIpc) is 2.38. The third-order valence-corrected chi connectivity index (χ3v) is 3.52. The normalized spacial score (nSPS) is 10.8. The number of nitrogens with one attached hydrogen (secondary N) is 1. The van der Waals surface area contributed by atoms with E-state index in [-0.39, 0.29) is 0 Å². The highest BCUT2D eigenvalue weighted by Crippen LogP contribution is 2.17. The van der Waals surface area contributed by atoms with Crippen LogP contribution in [0.3, 0.4) is 0 Å². The number of rotatable bonds is 7. The van der Waals surface area contributed by atoms with Gasteiger partial charge in [-0.3, -0.25) is 0 Å². The summed E-state index contributed by atoms with van der Waals surface area (Å²) in [4.78, 5) is 2.70. The van der Waals surface area contributed by atoms with E-state index in [1.165, 1.54) is 0 Å². The highest BCUT2D eigenvalue weighted by atomic mass is 32.1. The van der Waals surface area contributed by atoms with Crippen LogP contribution in [0.15, 0.2) is 0 Å². The minimum Gasteiger partial charge on any atom is -0.389 e. The molecule has 6 heteroatoms. The Morgan fingerprint density at radius 2 is 1.89 bits per heavy atom. The van der Waals surface area contributed by atoms with Crippen molar-refractivity contribution in [3.63, 3.8) is 0 Å². The minimum absolute atomic E-state index is 0.362. The number of nitrogens with two attached hydrogens (primary N) is 1. The standard InChI is InChI=1S/C13H23N5S/c1-5-18(6-2)8-7-15-13-11(12(14)19)9(3)10(4)16-17-13/h5-8H2,1-4H3,(H2,14,19)(H,15,17). The highest BCUT2D eigenvalue weighted by Gasteiger charge is 2.13. The molecule has 1 aromatic heterocycles. The van der Waals surface area contributed by atoms with Gasteiger partial charge >= 0.3 is 0 Å². The Morgan fingerprint density at radius 1 is 1.26 bits per heavy atom. The van der Waals surface area contributed by atoms with Crippen molar-refractivity contribution in [1.29, 1.82) is 0 Å². The van der Waals surface area contributed by atoms with E-state index in [9.17, 15) is 0 Å². The van der Waals surface area contributed by atoms with Gasteiger partial charge in [-0.05, 0) is 32.5 Å². The van der Waals surface area contributed by atoms with Gasteiger partial charge in [-0.1, -0.05) is 26.1 Å². The molecule has 5 nitrogen and oxygen atoms in total. The molecule has 0 unspecified atom stereocenters. The fourth-order valence-electron chi connectivity index (χ4n) is 1.91. The molecular formula is C13H23N5S. The Kier molecular flexibility index (Phi) is 6.11. The quantitative estimate of drug-likeness (QED) is 0.738. The predicted octanol–water partition coefficient (Wildman–Crippen LogP) is 1.48. The number of anilines is 1. The Hall–Kier alpha value is -1.27. The van der Waals surface area contributed by atoms with Crippen LogP contribution in [0.4, 0.5) is 5.82 Å². The molecule has 1 aromatic rings. The van der Waals surface area contributed by atoms with E-state index in [0.717, 1.165) is 43.0 Å². The number of hydrogen-bond acceptors (Lipinski definition) is 5. The second-order valence-corrected chi connectivity index (χ2v) is 4.89. The van der Waals surface area contributed by atoms with Crippen molar-refractivity contribution in [2.24, 2.45) is 5.73 Å². The van der Waals surface area contributed by atoms with E-state index in [1.807, 2.05) is 13.8 Å². The van der Waals surface area contributed by atoms with Gasteiger partial charge in [0.05, 0.1) is 11.3 Å². The molecule has 0 bridgehead atoms. The number of likely N-dealkylation sites (N-methyl/N-ethyl adjacent to an activating group) is 1. The maximum Gasteiger partial charge on any atom is 0.159 e. The van der Waals surface area contributed by atoms with Gasteiger partial charge in [0.2, 0.25) is 0 Å². The third kappa shape index (κ3) is 4.11. The summed E-state index contributed by atoms with van der Waals surface area (Å²) < 4.78 is 0. The SMILES string of the molecule is CCN(CC)CCNc1nnc(C)c(C)c1C(N)=S. The Bertz CT molecular complexity index is 443. The van der Waals surface area contributed by atoms with Crippen LogP contribution in [0.2, 0.25) is 0 Å². The first-order valence-corrected chi connectivity index (χ1v) is 7.01. The van der Waals surface area contributed by atoms with Gasteiger partial charge in [-0.25, -0.2) is 0 Å². The smallest absolute Gasteiger partial charge is 0.159 e. The molecule has 0 aliphatic rings. The molecule has 0 spiro atoms. The number of aryl methyl sites for hydroxylation is 1. The topological polar surface area (TPSA) is 67.1 Å². The molecule has 0 atom stereocenters. The van der Waals surface area contributed by atoms with Crippen LogP contribution in [0.25, 0.3) is 0 Å². The van der Waals surface area contributed by atoms with Crippen LogP contribution in [0, 0.1) is 13.8 Å². The summed E-state index contributed by atoms with van der Waals surface area (Å²) >= 11 is 5.10. The van der Waals surface area contributed by atoms with Crippen LogP contribution >= 0.6 is 12.2 Å². The lowest BCUT2D eigenvalue weighted by Gasteiger charge is -2.19. The largest absolute Gasteiger partial charge is 0.389 e. The monoisotopic (exact) mass is 281 g/mol. The van der Waals surface area contributed by atoms with Gasteiger partial charge in [0.25, 0.3) is 0 Å². The molecule has 0 aliphatic carbocycles. The van der Waals surface area contributed by atoms with Crippen molar-refractivity contribution in [3.05, 3.63) is 16.8 Å². The average molecular weight is 281 g/mol. The van der Waals surface area contributed by atoms with Crippen molar-refractivity contribution in [2.45, 2.75) is 27.7 Å². The fraction of sp³-hybridized carbons (Fsp3) is 0.615. The van der Waals surface area contributed by atoms with Gasteiger partial charge in [-0.2, -0.15) is 5.10 Å². The summed E-state index contributed by atoms with van der Waals surface area (Å²) in [5, 5.41) is 11.6. The molecule has 1 heterocycles. The lowest BCUT2D eigenvalue weighted by Crippen LogP contribution is -2.29. The van der Waals surface area contributed by atoms with E-state index >= 15 is 0 Å². The molecule has 1 rings (SSSR count). The second kappa shape index (κ2) is 7.35. The van der Waals surface area contributed by atoms with E-state index in [2.05, 4.69) is 34.3 Å². The van der Waals surface area contributed by atoms with E-state index in [4.69, 9.17) is 18.0 Å². The van der Waals surface area contributed by atoms with E-state index in [1.54, 1.807) is 0 Å². The molecule has 0 saturated heterocycles. The van der Waals surface area contributed by atoms with Crippen molar-refractivity contribution in [1.82, 2.24) is 15.1 Å². The van der Waals surface area contributed by atoms with Crippen molar-refractivity contribution >= 4 is 23.0 Å².